The monoisotopic (exact) mass is 1240 g/mol. The van der Waals surface area contributed by atoms with Crippen LogP contribution < -0.4 is 58.9 Å². The van der Waals surface area contributed by atoms with Crippen molar-refractivity contribution in [3.63, 3.8) is 0 Å². The molecule has 0 saturated carbocycles. The highest BCUT2D eigenvalue weighted by molar-refractivity contribution is 8.00. The Kier molecular flexibility index (Phi) is 29.1. The number of thioether (sulfide) groups is 2. The summed E-state index contributed by atoms with van der Waals surface area (Å²) in [5.74, 6) is -2.34. The summed E-state index contributed by atoms with van der Waals surface area (Å²) in [5, 5.41) is 28.5. The van der Waals surface area contributed by atoms with Crippen molar-refractivity contribution in [3.05, 3.63) is 29.3 Å². The maximum absolute atomic E-state index is 13.0. The predicted octanol–water partition coefficient (Wildman–Crippen LogP) is 0.912. The number of nitrogens with two attached hydrogens (primary N) is 1. The van der Waals surface area contributed by atoms with E-state index in [4.69, 9.17) is 34.2 Å². The SMILES string of the molecule is CC(C)(C)OC(=O)[C@H](CC(=O)NCCOCCOCCNC(=O)c1cc(N)cc(C(=O)NCCOCCOCCNC(=O)C[C@H](NC(=O)CCCC[C@@H]2SC[C@@H]3NC(=O)N[C@@H]32)C(=O)OC(C)(C)C)c1)NC(=O)CCCC[C@@H]1SC[C@@H]2NC(=O)N[C@@H]21. The van der Waals surface area contributed by atoms with E-state index in [0.717, 1.165) is 37.2 Å². The summed E-state index contributed by atoms with van der Waals surface area (Å²) in [6.45, 7) is 12.2. The van der Waals surface area contributed by atoms with E-state index in [0.29, 0.717) is 12.8 Å². The van der Waals surface area contributed by atoms with Crippen molar-refractivity contribution < 1.29 is 76.4 Å². The van der Waals surface area contributed by atoms with Gasteiger partial charge in [-0.1, -0.05) is 12.8 Å². The molecule has 4 aliphatic rings. The van der Waals surface area contributed by atoms with Gasteiger partial charge in [-0.15, -0.1) is 0 Å². The molecule has 0 radical (unpaired) electrons. The van der Waals surface area contributed by atoms with E-state index in [9.17, 15) is 47.9 Å². The van der Waals surface area contributed by atoms with Gasteiger partial charge in [-0.3, -0.25) is 28.8 Å². The Bertz CT molecular complexity index is 2270. The van der Waals surface area contributed by atoms with Crippen molar-refractivity contribution in [1.29, 1.82) is 0 Å². The highest BCUT2D eigenvalue weighted by atomic mass is 32.2. The summed E-state index contributed by atoms with van der Waals surface area (Å²) >= 11 is 3.61. The van der Waals surface area contributed by atoms with Crippen LogP contribution in [0.5, 0.6) is 0 Å². The number of ether oxygens (including phenoxy) is 6. The fraction of sp³-hybridized carbons (Fsp3) is 0.714. The van der Waals surface area contributed by atoms with Crippen LogP contribution in [0.15, 0.2) is 18.2 Å². The first-order chi connectivity index (χ1) is 40.4. The second kappa shape index (κ2) is 35.5. The van der Waals surface area contributed by atoms with Gasteiger partial charge >= 0.3 is 24.0 Å². The van der Waals surface area contributed by atoms with E-state index in [1.807, 2.05) is 0 Å². The van der Waals surface area contributed by atoms with E-state index in [1.165, 1.54) is 18.2 Å². The van der Waals surface area contributed by atoms with Crippen molar-refractivity contribution in [2.45, 2.75) is 164 Å². The van der Waals surface area contributed by atoms with Crippen LogP contribution in [-0.2, 0) is 57.2 Å². The summed E-state index contributed by atoms with van der Waals surface area (Å²) < 4.78 is 33.1. The molecule has 0 aromatic heterocycles. The molecule has 476 valence electrons. The minimum absolute atomic E-state index is 0.0839. The normalized spacial score (nSPS) is 20.3. The molecule has 4 heterocycles. The summed E-state index contributed by atoms with van der Waals surface area (Å²) in [6.07, 6.45) is 4.07. The van der Waals surface area contributed by atoms with Crippen LogP contribution >= 0.6 is 23.5 Å². The first-order valence-electron chi connectivity index (χ1n) is 29.2. The topological polar surface area (TPSA) is 372 Å². The molecule has 12 N–H and O–H groups in total. The van der Waals surface area contributed by atoms with Crippen molar-refractivity contribution in [1.82, 2.24) is 53.2 Å². The summed E-state index contributed by atoms with van der Waals surface area (Å²) in [4.78, 5) is 126. The molecule has 4 fully saturated rings. The number of carbonyl (C=O) groups is 10. The summed E-state index contributed by atoms with van der Waals surface area (Å²) in [7, 11) is 0. The number of anilines is 1. The number of fused-ring (bicyclic) bond motifs is 2. The highest BCUT2D eigenvalue weighted by Gasteiger charge is 2.44. The fourth-order valence-electron chi connectivity index (χ4n) is 9.49. The first-order valence-corrected chi connectivity index (χ1v) is 31.3. The summed E-state index contributed by atoms with van der Waals surface area (Å²) in [6, 6.07) is 2.08. The molecule has 1 aromatic rings. The molecular formula is C56H89N11O16S2. The molecule has 0 aliphatic carbocycles. The molecule has 0 spiro atoms. The minimum Gasteiger partial charge on any atom is -0.458 e. The van der Waals surface area contributed by atoms with E-state index in [-0.39, 0.29) is 180 Å². The van der Waals surface area contributed by atoms with Gasteiger partial charge in [-0.05, 0) is 85.4 Å². The van der Waals surface area contributed by atoms with Crippen LogP contribution in [0.1, 0.15) is 126 Å². The third kappa shape index (κ3) is 26.6. The lowest BCUT2D eigenvalue weighted by atomic mass is 10.0. The van der Waals surface area contributed by atoms with Crippen LogP contribution in [-0.4, -0.2) is 208 Å². The smallest absolute Gasteiger partial charge is 0.329 e. The van der Waals surface area contributed by atoms with Crippen LogP contribution in [0.2, 0.25) is 0 Å². The second-order valence-corrected chi connectivity index (χ2v) is 25.5. The molecule has 5 rings (SSSR count). The third-order valence-electron chi connectivity index (χ3n) is 13.4. The van der Waals surface area contributed by atoms with Crippen LogP contribution in [0.4, 0.5) is 15.3 Å². The van der Waals surface area contributed by atoms with Gasteiger partial charge in [0.25, 0.3) is 11.8 Å². The van der Waals surface area contributed by atoms with E-state index in [1.54, 1.807) is 65.1 Å². The second-order valence-electron chi connectivity index (χ2n) is 23.0. The average Bonchev–Trinajstić information content (AvgIpc) is 3.02. The van der Waals surface area contributed by atoms with Gasteiger partial charge in [0.1, 0.15) is 23.3 Å². The van der Waals surface area contributed by atoms with Gasteiger partial charge in [-0.25, -0.2) is 19.2 Å². The van der Waals surface area contributed by atoms with E-state index in [2.05, 4.69) is 53.2 Å². The van der Waals surface area contributed by atoms with Crippen LogP contribution in [0.3, 0.4) is 0 Å². The molecule has 0 unspecified atom stereocenters. The molecular weight excluding hydrogens is 1150 g/mol. The van der Waals surface area contributed by atoms with Gasteiger partial charge < -0.3 is 87.3 Å². The number of carbonyl (C=O) groups excluding carboxylic acids is 10. The van der Waals surface area contributed by atoms with Crippen molar-refractivity contribution >= 4 is 88.7 Å². The molecule has 1 aromatic carbocycles. The Balaban J connectivity index is 0.858. The van der Waals surface area contributed by atoms with Gasteiger partial charge in [-0.2, -0.15) is 23.5 Å². The Morgan fingerprint density at radius 2 is 0.882 bits per heavy atom. The number of unbranched alkanes of at least 4 members (excludes halogenated alkanes) is 2. The molecule has 29 heteroatoms. The molecule has 4 aliphatic heterocycles. The van der Waals surface area contributed by atoms with E-state index >= 15 is 0 Å². The van der Waals surface area contributed by atoms with Crippen LogP contribution in [0, 0.1) is 0 Å². The number of nitrogens with one attached hydrogen (secondary N) is 10. The lowest BCUT2D eigenvalue weighted by Gasteiger charge is -2.24. The molecule has 8 atom stereocenters. The maximum atomic E-state index is 13.0. The molecule has 10 amide bonds. The summed E-state index contributed by atoms with van der Waals surface area (Å²) in [5.41, 5.74) is 4.92. The lowest BCUT2D eigenvalue weighted by molar-refractivity contribution is -0.160. The van der Waals surface area contributed by atoms with Gasteiger partial charge in [0.2, 0.25) is 23.6 Å². The Labute approximate surface area is 505 Å². The van der Waals surface area contributed by atoms with Crippen LogP contribution in [0.25, 0.3) is 0 Å². The van der Waals surface area contributed by atoms with Crippen molar-refractivity contribution in [2.75, 3.05) is 96.3 Å². The molecule has 85 heavy (non-hydrogen) atoms. The van der Waals surface area contributed by atoms with Gasteiger partial charge in [0.05, 0.1) is 89.9 Å². The maximum Gasteiger partial charge on any atom is 0.329 e. The lowest BCUT2D eigenvalue weighted by Crippen LogP contribution is -2.47. The highest BCUT2D eigenvalue weighted by Crippen LogP contribution is 2.34. The third-order valence-corrected chi connectivity index (χ3v) is 16.4. The van der Waals surface area contributed by atoms with Gasteiger partial charge in [0, 0.05) is 77.8 Å². The Hall–Kier alpha value is -6.14. The standard InChI is InChI=1S/C56H89N11O16S2/c1-55(2,3)82-51(74)37(62-43(68)13-9-7-11-41-47-39(32-84-41)64-53(76)66-47)30-45(70)58-15-19-78-23-25-80-21-17-60-49(72)34-27-35(29-36(57)28-34)50(73)61-18-22-81-26-24-79-20-16-59-46(71)31-38(52(75)83-56(4,5)6)63-44(69)14-10-8-12-42-48-40(33-85-42)65-54(77)67-48/h27-29,37-42,47-48H,7-26,30-33,57H2,1-6H3,(H,58,70)(H,59,71)(H,60,72)(H,61,73)(H,62,68)(H,63,69)(H2,64,66,76)(H2,65,67,77)/t37-,38-,39-,40-,41-,42-,47-,48-/m0/s1. The zero-order valence-electron chi connectivity index (χ0n) is 49.7. The first kappa shape index (κ1) is 69.6. The largest absolute Gasteiger partial charge is 0.458 e. The molecule has 4 saturated heterocycles. The number of rotatable bonds is 38. The van der Waals surface area contributed by atoms with Crippen molar-refractivity contribution in [2.24, 2.45) is 0 Å². The van der Waals surface area contributed by atoms with Gasteiger partial charge in [0.15, 0.2) is 0 Å². The number of esters is 2. The Morgan fingerprint density at radius 3 is 1.25 bits per heavy atom. The number of benzene rings is 1. The number of urea groups is 2. The Morgan fingerprint density at radius 1 is 0.518 bits per heavy atom. The fourth-order valence-corrected chi connectivity index (χ4v) is 12.6. The van der Waals surface area contributed by atoms with E-state index < -0.39 is 58.9 Å². The number of hydrogen-bond donors (Lipinski definition) is 11. The van der Waals surface area contributed by atoms with Crippen molar-refractivity contribution in [3.8, 4) is 0 Å². The quantitative estimate of drug-likeness (QED) is 0.0190. The molecule has 27 nitrogen and oxygen atoms in total. The zero-order chi connectivity index (χ0) is 61.9. The minimum atomic E-state index is -1.18. The molecule has 0 bridgehead atoms. The number of nitrogen functional groups attached to an aromatic ring is 1. The predicted molar refractivity (Wildman–Crippen MR) is 318 cm³/mol. The number of hydrogen-bond acceptors (Lipinski definition) is 19. The zero-order valence-corrected chi connectivity index (χ0v) is 51.4. The number of amides is 10. The average molecular weight is 1240 g/mol.